The Morgan fingerprint density at radius 1 is 0.629 bits per heavy atom. The maximum absolute atomic E-state index is 5.27. The lowest BCUT2D eigenvalue weighted by atomic mass is 9.95. The van der Waals surface area contributed by atoms with Gasteiger partial charge in [0.25, 0.3) is 0 Å². The van der Waals surface area contributed by atoms with E-state index < -0.39 is 0 Å². The van der Waals surface area contributed by atoms with Gasteiger partial charge in [0.15, 0.2) is 0 Å². The average Bonchev–Trinajstić information content (AvgIpc) is 3.59. The summed E-state index contributed by atoms with van der Waals surface area (Å²) in [6.45, 7) is 0. The molecule has 2 aliphatic carbocycles. The first kappa shape index (κ1) is 17.8. The maximum Gasteiger partial charge on any atom is 0.149 e. The van der Waals surface area contributed by atoms with E-state index in [-0.39, 0.29) is 0 Å². The van der Waals surface area contributed by atoms with Crippen LogP contribution >= 0.6 is 0 Å². The van der Waals surface area contributed by atoms with Gasteiger partial charge in [-0.3, -0.25) is 9.38 Å². The molecule has 0 atom stereocenters. The van der Waals surface area contributed by atoms with Crippen LogP contribution in [-0.4, -0.2) is 19.4 Å². The minimum absolute atomic E-state index is 0.908. The number of hydrogen-bond acceptors (Lipinski definition) is 3. The van der Waals surface area contributed by atoms with E-state index in [1.807, 2.05) is 24.7 Å². The van der Waals surface area contributed by atoms with Crippen molar-refractivity contribution in [1.82, 2.24) is 19.4 Å². The summed E-state index contributed by atoms with van der Waals surface area (Å²) in [6.07, 6.45) is 7.58. The lowest BCUT2D eigenvalue weighted by Gasteiger charge is -2.08. The van der Waals surface area contributed by atoms with Gasteiger partial charge in [-0.1, -0.05) is 42.5 Å². The topological polar surface area (TPSA) is 43.1 Å². The van der Waals surface area contributed by atoms with Crippen molar-refractivity contribution in [2.45, 2.75) is 12.8 Å². The Balaban J connectivity index is 1.39. The molecule has 3 aromatic carbocycles. The van der Waals surface area contributed by atoms with Crippen molar-refractivity contribution in [3.8, 4) is 22.3 Å². The Labute approximate surface area is 200 Å². The predicted octanol–water partition coefficient (Wildman–Crippen LogP) is 6.73. The molecule has 0 bridgehead atoms. The number of aromatic nitrogens is 4. The van der Waals surface area contributed by atoms with Crippen molar-refractivity contribution in [1.29, 1.82) is 0 Å². The van der Waals surface area contributed by atoms with E-state index in [0.29, 0.717) is 0 Å². The largest absolute Gasteiger partial charge is 0.276 e. The van der Waals surface area contributed by atoms with E-state index in [4.69, 9.17) is 9.97 Å². The van der Waals surface area contributed by atoms with Crippen molar-refractivity contribution in [3.05, 3.63) is 108 Å². The highest BCUT2D eigenvalue weighted by Crippen LogP contribution is 2.49. The van der Waals surface area contributed by atoms with Gasteiger partial charge >= 0.3 is 0 Å². The van der Waals surface area contributed by atoms with Gasteiger partial charge in [-0.25, -0.2) is 9.97 Å². The Kier molecular flexibility index (Phi) is 3.11. The summed E-state index contributed by atoms with van der Waals surface area (Å²) >= 11 is 0. The molecule has 9 rings (SSSR count). The third kappa shape index (κ3) is 2.11. The summed E-state index contributed by atoms with van der Waals surface area (Å²) in [5.41, 5.74) is 15.2. The monoisotopic (exact) mass is 446 g/mol. The lowest BCUT2D eigenvalue weighted by Crippen LogP contribution is -1.94. The van der Waals surface area contributed by atoms with Crippen LogP contribution in [0.4, 0.5) is 0 Å². The van der Waals surface area contributed by atoms with Crippen LogP contribution in [0.15, 0.2) is 85.3 Å². The molecule has 4 heteroatoms. The van der Waals surface area contributed by atoms with Gasteiger partial charge in [0, 0.05) is 35.8 Å². The van der Waals surface area contributed by atoms with E-state index in [0.717, 1.165) is 51.3 Å². The summed E-state index contributed by atoms with van der Waals surface area (Å²) in [4.78, 5) is 14.5. The molecule has 0 radical (unpaired) electrons. The molecule has 0 aliphatic heterocycles. The quantitative estimate of drug-likeness (QED) is 0.243. The van der Waals surface area contributed by atoms with E-state index in [1.165, 1.54) is 44.5 Å². The SMILES string of the molecule is c1ccc2c(c1)Cc1ccc3c(c1-2)Cc1c-3ccc2c1nc1c3cnccc3c3cccnc3n21. The van der Waals surface area contributed by atoms with Crippen LogP contribution < -0.4 is 0 Å². The van der Waals surface area contributed by atoms with Gasteiger partial charge < -0.3 is 0 Å². The van der Waals surface area contributed by atoms with Gasteiger partial charge in [0.05, 0.1) is 11.0 Å². The number of pyridine rings is 3. The van der Waals surface area contributed by atoms with Crippen LogP contribution in [0.1, 0.15) is 22.3 Å². The third-order valence-corrected chi connectivity index (χ3v) is 7.99. The zero-order valence-electron chi connectivity index (χ0n) is 18.8. The number of benzene rings is 3. The second-order valence-corrected chi connectivity index (χ2v) is 9.66. The summed E-state index contributed by atoms with van der Waals surface area (Å²) in [5.74, 6) is 0. The molecule has 0 amide bonds. The van der Waals surface area contributed by atoms with E-state index in [9.17, 15) is 0 Å². The Morgan fingerprint density at radius 2 is 1.54 bits per heavy atom. The first-order valence-electron chi connectivity index (χ1n) is 12.0. The van der Waals surface area contributed by atoms with E-state index in [2.05, 4.69) is 70.0 Å². The Hall–Kier alpha value is -4.57. The van der Waals surface area contributed by atoms with E-state index >= 15 is 0 Å². The van der Waals surface area contributed by atoms with Crippen LogP contribution in [0, 0.1) is 0 Å². The zero-order chi connectivity index (χ0) is 22.7. The van der Waals surface area contributed by atoms with Gasteiger partial charge in [0.2, 0.25) is 0 Å². The van der Waals surface area contributed by atoms with Gasteiger partial charge in [-0.05, 0) is 80.6 Å². The van der Waals surface area contributed by atoms with Crippen LogP contribution in [-0.2, 0) is 12.8 Å². The molecule has 0 saturated carbocycles. The molecule has 4 aromatic heterocycles. The normalized spacial score (nSPS) is 13.5. The number of imidazole rings is 1. The highest BCUT2D eigenvalue weighted by atomic mass is 15.1. The average molecular weight is 447 g/mol. The molecule has 35 heavy (non-hydrogen) atoms. The lowest BCUT2D eigenvalue weighted by molar-refractivity contribution is 1.23. The van der Waals surface area contributed by atoms with E-state index in [1.54, 1.807) is 0 Å². The molecule has 0 unspecified atom stereocenters. The first-order valence-corrected chi connectivity index (χ1v) is 12.0. The third-order valence-electron chi connectivity index (χ3n) is 7.99. The standard InChI is InChI=1S/C31H18N4/c1-2-5-19-17(4-1)14-18-7-8-20-21-9-10-27-29(25(21)15-24(20)28(18)19)34-31-26-16-32-13-11-22(26)23-6-3-12-33-30(23)35(27)31/h1-13,16H,14-15H2. The number of fused-ring (bicyclic) bond motifs is 16. The molecule has 4 nitrogen and oxygen atoms in total. The van der Waals surface area contributed by atoms with Crippen LogP contribution in [0.25, 0.3) is 60.7 Å². The minimum Gasteiger partial charge on any atom is -0.276 e. The summed E-state index contributed by atoms with van der Waals surface area (Å²) in [7, 11) is 0. The fraction of sp³-hybridized carbons (Fsp3) is 0.0645. The minimum atomic E-state index is 0.908. The molecular weight excluding hydrogens is 428 g/mol. The highest BCUT2D eigenvalue weighted by molar-refractivity contribution is 6.13. The summed E-state index contributed by atoms with van der Waals surface area (Å²) in [6, 6.07) is 24.2. The molecule has 0 N–H and O–H groups in total. The van der Waals surface area contributed by atoms with Crippen molar-refractivity contribution in [2.75, 3.05) is 0 Å². The second kappa shape index (κ2) is 6.10. The van der Waals surface area contributed by atoms with Crippen LogP contribution in [0.5, 0.6) is 0 Å². The number of hydrogen-bond donors (Lipinski definition) is 0. The van der Waals surface area contributed by atoms with Gasteiger partial charge in [-0.15, -0.1) is 0 Å². The van der Waals surface area contributed by atoms with Crippen molar-refractivity contribution in [2.24, 2.45) is 0 Å². The Morgan fingerprint density at radius 3 is 2.54 bits per heavy atom. The summed E-state index contributed by atoms with van der Waals surface area (Å²) in [5, 5.41) is 3.32. The molecule has 2 aliphatic rings. The molecule has 0 saturated heterocycles. The summed E-state index contributed by atoms with van der Waals surface area (Å²) < 4.78 is 2.22. The second-order valence-electron chi connectivity index (χ2n) is 9.66. The number of rotatable bonds is 0. The fourth-order valence-corrected chi connectivity index (χ4v) is 6.53. The fourth-order valence-electron chi connectivity index (χ4n) is 6.53. The highest BCUT2D eigenvalue weighted by Gasteiger charge is 2.30. The first-order chi connectivity index (χ1) is 17.4. The molecule has 0 fully saturated rings. The van der Waals surface area contributed by atoms with Crippen molar-refractivity contribution >= 4 is 38.5 Å². The van der Waals surface area contributed by atoms with Crippen molar-refractivity contribution in [3.63, 3.8) is 0 Å². The number of nitrogens with zero attached hydrogens (tertiary/aromatic N) is 4. The maximum atomic E-state index is 5.27. The predicted molar refractivity (Wildman–Crippen MR) is 140 cm³/mol. The van der Waals surface area contributed by atoms with Gasteiger partial charge in [-0.2, -0.15) is 0 Å². The van der Waals surface area contributed by atoms with Crippen LogP contribution in [0.3, 0.4) is 0 Å². The molecule has 7 aromatic rings. The molecule has 162 valence electrons. The smallest absolute Gasteiger partial charge is 0.149 e. The molecular formula is C31H18N4. The van der Waals surface area contributed by atoms with Crippen LogP contribution in [0.2, 0.25) is 0 Å². The Bertz CT molecular complexity index is 2070. The van der Waals surface area contributed by atoms with Gasteiger partial charge in [0.1, 0.15) is 11.3 Å². The van der Waals surface area contributed by atoms with Crippen molar-refractivity contribution < 1.29 is 0 Å². The molecule has 0 spiro atoms. The molecule has 4 heterocycles. The zero-order valence-corrected chi connectivity index (χ0v) is 18.8.